The van der Waals surface area contributed by atoms with Crippen LogP contribution in [-0.4, -0.2) is 16.1 Å². The van der Waals surface area contributed by atoms with Gasteiger partial charge in [0.15, 0.2) is 0 Å². The van der Waals surface area contributed by atoms with Crippen molar-refractivity contribution < 1.29 is 9.90 Å². The van der Waals surface area contributed by atoms with Crippen LogP contribution >= 0.6 is 0 Å². The smallest absolute Gasteiger partial charge is 0.336 e. The number of carbonyl (C=O) groups is 1. The summed E-state index contributed by atoms with van der Waals surface area (Å²) in [6.45, 7) is 8.00. The first-order chi connectivity index (χ1) is 9.77. The third-order valence-corrected chi connectivity index (χ3v) is 3.13. The Morgan fingerprint density at radius 3 is 2.40 bits per heavy atom. The quantitative estimate of drug-likeness (QED) is 0.833. The van der Waals surface area contributed by atoms with E-state index >= 15 is 0 Å². The average Bonchev–Trinajstić information content (AvgIpc) is 2.96. The molecule has 0 bridgehead atoms. The van der Waals surface area contributed by atoms with E-state index in [0.717, 1.165) is 41.4 Å². The van der Waals surface area contributed by atoms with Crippen LogP contribution in [0.25, 0.3) is 10.9 Å². The van der Waals surface area contributed by atoms with Crippen LogP contribution in [0.4, 0.5) is 0 Å². The lowest BCUT2D eigenvalue weighted by Crippen LogP contribution is -2.05. The zero-order valence-electron chi connectivity index (χ0n) is 12.7. The summed E-state index contributed by atoms with van der Waals surface area (Å²) in [6.07, 6.45) is 2.76. The lowest BCUT2D eigenvalue weighted by atomic mass is 10.0. The van der Waals surface area contributed by atoms with Gasteiger partial charge < -0.3 is 5.11 Å². The van der Waals surface area contributed by atoms with Gasteiger partial charge in [0.25, 0.3) is 0 Å². The Kier molecular flexibility index (Phi) is 6.16. The first kappa shape index (κ1) is 16.2. The van der Waals surface area contributed by atoms with E-state index < -0.39 is 5.97 Å². The average molecular weight is 273 g/mol. The highest BCUT2D eigenvalue weighted by molar-refractivity contribution is 6.04. The van der Waals surface area contributed by atoms with E-state index in [0.29, 0.717) is 5.56 Å². The van der Waals surface area contributed by atoms with Gasteiger partial charge in [-0.25, -0.2) is 4.79 Å². The normalized spacial score (nSPS) is 11.8. The predicted octanol–water partition coefficient (Wildman–Crippen LogP) is 4.47. The lowest BCUT2D eigenvalue weighted by molar-refractivity contribution is 0.0698. The zero-order valence-corrected chi connectivity index (χ0v) is 12.7. The van der Waals surface area contributed by atoms with Gasteiger partial charge in [-0.05, 0) is 30.9 Å². The summed E-state index contributed by atoms with van der Waals surface area (Å²) in [5.41, 5.74) is 3.15. The fourth-order valence-corrected chi connectivity index (χ4v) is 2.46. The Bertz CT molecular complexity index is 591. The minimum Gasteiger partial charge on any atom is -0.478 e. The molecular weight excluding hydrogens is 250 g/mol. The second-order valence-electron chi connectivity index (χ2n) is 4.09. The molecule has 0 fully saturated rings. The second-order valence-corrected chi connectivity index (χ2v) is 4.09. The van der Waals surface area contributed by atoms with Gasteiger partial charge in [-0.1, -0.05) is 45.9 Å². The monoisotopic (exact) mass is 273 g/mol. The topological polar surface area (TPSA) is 50.2 Å². The number of para-hydroxylation sites is 1. The number of nitrogens with zero attached hydrogens (tertiary/aromatic N) is 1. The van der Waals surface area contributed by atoms with E-state index in [2.05, 4.69) is 4.98 Å². The van der Waals surface area contributed by atoms with Crippen molar-refractivity contribution in [3.63, 3.8) is 0 Å². The first-order valence-corrected chi connectivity index (χ1v) is 7.41. The van der Waals surface area contributed by atoms with Crippen molar-refractivity contribution >= 4 is 16.9 Å². The van der Waals surface area contributed by atoms with E-state index in [1.807, 2.05) is 52.0 Å². The number of carboxylic acid groups (broad SMARTS) is 1. The summed E-state index contributed by atoms with van der Waals surface area (Å²) in [7, 11) is 0. The van der Waals surface area contributed by atoms with Gasteiger partial charge in [-0.2, -0.15) is 0 Å². The van der Waals surface area contributed by atoms with Crippen LogP contribution in [-0.2, 0) is 12.8 Å². The Morgan fingerprint density at radius 2 is 1.75 bits per heavy atom. The van der Waals surface area contributed by atoms with Crippen molar-refractivity contribution in [2.24, 2.45) is 0 Å². The van der Waals surface area contributed by atoms with Crippen LogP contribution in [0.1, 0.15) is 55.7 Å². The van der Waals surface area contributed by atoms with Gasteiger partial charge in [0.1, 0.15) is 0 Å². The predicted molar refractivity (Wildman–Crippen MR) is 83.4 cm³/mol. The summed E-state index contributed by atoms with van der Waals surface area (Å²) in [6, 6.07) is 7.46. The number of carboxylic acids is 1. The van der Waals surface area contributed by atoms with Crippen molar-refractivity contribution in [3.8, 4) is 0 Å². The summed E-state index contributed by atoms with van der Waals surface area (Å²) in [5.74, 6) is -0.836. The summed E-state index contributed by atoms with van der Waals surface area (Å²) in [4.78, 5) is 15.9. The Morgan fingerprint density at radius 1 is 1.10 bits per heavy atom. The number of pyridine rings is 1. The van der Waals surface area contributed by atoms with Crippen LogP contribution in [0.2, 0.25) is 0 Å². The molecule has 0 spiro atoms. The highest BCUT2D eigenvalue weighted by Crippen LogP contribution is 2.29. The molecule has 3 nitrogen and oxygen atoms in total. The van der Waals surface area contributed by atoms with Crippen LogP contribution in [0.3, 0.4) is 0 Å². The molecule has 1 aliphatic rings. The highest BCUT2D eigenvalue weighted by Gasteiger charge is 2.22. The zero-order chi connectivity index (χ0) is 15.1. The van der Waals surface area contributed by atoms with Gasteiger partial charge in [-0.15, -0.1) is 0 Å². The van der Waals surface area contributed by atoms with E-state index in [1.165, 1.54) is 0 Å². The number of fused-ring (bicyclic) bond motifs is 2. The first-order valence-electron chi connectivity index (χ1n) is 7.41. The van der Waals surface area contributed by atoms with E-state index in [4.69, 9.17) is 0 Å². The Balaban J connectivity index is 0.000000461. The largest absolute Gasteiger partial charge is 0.478 e. The molecule has 2 aromatic rings. The van der Waals surface area contributed by atoms with E-state index in [-0.39, 0.29) is 0 Å². The molecule has 0 saturated carbocycles. The summed E-state index contributed by atoms with van der Waals surface area (Å²) in [5, 5.41) is 10.1. The molecule has 108 valence electrons. The van der Waals surface area contributed by atoms with Crippen LogP contribution in [0, 0.1) is 0 Å². The Hall–Kier alpha value is -1.90. The van der Waals surface area contributed by atoms with Gasteiger partial charge >= 0.3 is 5.97 Å². The van der Waals surface area contributed by atoms with Crippen molar-refractivity contribution in [1.29, 1.82) is 0 Å². The van der Waals surface area contributed by atoms with Gasteiger partial charge in [-0.3, -0.25) is 4.98 Å². The fraction of sp³-hybridized carbons (Fsp3) is 0.412. The minimum absolute atomic E-state index is 0.457. The molecule has 1 N–H and O–H groups in total. The molecule has 1 aliphatic carbocycles. The van der Waals surface area contributed by atoms with E-state index in [9.17, 15) is 9.90 Å². The number of aryl methyl sites for hydroxylation is 1. The molecule has 0 amide bonds. The molecule has 0 unspecified atom stereocenters. The molecule has 20 heavy (non-hydrogen) atoms. The van der Waals surface area contributed by atoms with Crippen molar-refractivity contribution in [3.05, 3.63) is 41.1 Å². The van der Waals surface area contributed by atoms with Crippen molar-refractivity contribution in [1.82, 2.24) is 4.98 Å². The number of hydrogen-bond acceptors (Lipinski definition) is 2. The SMILES string of the molecule is CC.CC.O=C(O)c1c2c(nc3ccccc13)CCC2. The number of benzene rings is 1. The molecule has 1 heterocycles. The highest BCUT2D eigenvalue weighted by atomic mass is 16.4. The molecule has 0 atom stereocenters. The van der Waals surface area contributed by atoms with Crippen molar-refractivity contribution in [2.45, 2.75) is 47.0 Å². The van der Waals surface area contributed by atoms with E-state index in [1.54, 1.807) is 0 Å². The van der Waals surface area contributed by atoms with Crippen LogP contribution < -0.4 is 0 Å². The van der Waals surface area contributed by atoms with Gasteiger partial charge in [0, 0.05) is 11.1 Å². The summed E-state index contributed by atoms with van der Waals surface area (Å²) >= 11 is 0. The maximum Gasteiger partial charge on any atom is 0.336 e. The number of hydrogen-bond donors (Lipinski definition) is 1. The van der Waals surface area contributed by atoms with Gasteiger partial charge in [0.05, 0.1) is 11.1 Å². The number of rotatable bonds is 1. The molecule has 1 aromatic heterocycles. The molecular formula is C17H23NO2. The fourth-order valence-electron chi connectivity index (χ4n) is 2.46. The number of aromatic carboxylic acids is 1. The minimum atomic E-state index is -0.836. The summed E-state index contributed by atoms with van der Waals surface area (Å²) < 4.78 is 0. The molecule has 3 rings (SSSR count). The maximum atomic E-state index is 11.3. The third-order valence-electron chi connectivity index (χ3n) is 3.13. The molecule has 3 heteroatoms. The second kappa shape index (κ2) is 7.63. The maximum absolute atomic E-state index is 11.3. The van der Waals surface area contributed by atoms with Crippen LogP contribution in [0.15, 0.2) is 24.3 Å². The van der Waals surface area contributed by atoms with Gasteiger partial charge in [0.2, 0.25) is 0 Å². The molecule has 0 saturated heterocycles. The molecule has 0 aliphatic heterocycles. The third kappa shape index (κ3) is 2.98. The standard InChI is InChI=1S/C13H11NO2.2C2H6/c15-13(16)12-8-4-1-2-6-10(8)14-11-7-3-5-9(11)12;2*1-2/h1-2,4,6H,3,5,7H2,(H,15,16);2*1-2H3. The lowest BCUT2D eigenvalue weighted by Gasteiger charge is -2.08. The number of aromatic nitrogens is 1. The van der Waals surface area contributed by atoms with Crippen LogP contribution in [0.5, 0.6) is 0 Å². The molecule has 1 aromatic carbocycles. The Labute approximate surface area is 120 Å². The van der Waals surface area contributed by atoms with Crippen molar-refractivity contribution in [2.75, 3.05) is 0 Å². The molecule has 0 radical (unpaired) electrons.